The van der Waals surface area contributed by atoms with Gasteiger partial charge in [-0.05, 0) is 39.4 Å². The molecule has 1 fully saturated rings. The lowest BCUT2D eigenvalue weighted by Crippen LogP contribution is -2.41. The van der Waals surface area contributed by atoms with E-state index >= 15 is 0 Å². The lowest BCUT2D eigenvalue weighted by molar-refractivity contribution is 0.0717. The highest BCUT2D eigenvalue weighted by molar-refractivity contribution is 5.99. The molecular weight excluding hydrogens is 264 g/mol. The fourth-order valence-electron chi connectivity index (χ4n) is 2.85. The number of nitrogens with zero attached hydrogens (tertiary/aromatic N) is 3. The van der Waals surface area contributed by atoms with E-state index in [-0.39, 0.29) is 5.91 Å². The number of likely N-dealkylation sites (N-methyl/N-ethyl adjacent to an activating group) is 1. The number of carbonyl (C=O) groups excluding carboxylic acids is 1. The molecule has 1 atom stereocenters. The van der Waals surface area contributed by atoms with Gasteiger partial charge in [-0.3, -0.25) is 9.78 Å². The molecule has 2 rings (SSSR count). The summed E-state index contributed by atoms with van der Waals surface area (Å²) < 4.78 is 0. The molecule has 1 aromatic rings. The fourth-order valence-corrected chi connectivity index (χ4v) is 2.85. The van der Waals surface area contributed by atoms with Crippen molar-refractivity contribution in [2.45, 2.75) is 32.2 Å². The Kier molecular flexibility index (Phi) is 5.56. The Labute approximate surface area is 127 Å². The number of nitrogens with one attached hydrogen (secondary N) is 1. The summed E-state index contributed by atoms with van der Waals surface area (Å²) in [6.07, 6.45) is 6.65. The van der Waals surface area contributed by atoms with E-state index in [4.69, 9.17) is 0 Å². The summed E-state index contributed by atoms with van der Waals surface area (Å²) in [6.45, 7) is 4.74. The van der Waals surface area contributed by atoms with Gasteiger partial charge in [0.2, 0.25) is 0 Å². The van der Waals surface area contributed by atoms with Crippen molar-refractivity contribution in [3.8, 4) is 0 Å². The van der Waals surface area contributed by atoms with Crippen LogP contribution in [0.5, 0.6) is 0 Å². The maximum Gasteiger partial charge on any atom is 0.256 e. The van der Waals surface area contributed by atoms with Crippen LogP contribution in [0.4, 0.5) is 5.69 Å². The molecule has 0 saturated carbocycles. The van der Waals surface area contributed by atoms with Crippen LogP contribution in [-0.4, -0.2) is 60.5 Å². The zero-order valence-electron chi connectivity index (χ0n) is 13.3. The number of aromatic nitrogens is 1. The average Bonchev–Trinajstić information content (AvgIpc) is 2.92. The summed E-state index contributed by atoms with van der Waals surface area (Å²) >= 11 is 0. The molecule has 5 nitrogen and oxygen atoms in total. The second-order valence-corrected chi connectivity index (χ2v) is 5.90. The summed E-state index contributed by atoms with van der Waals surface area (Å²) in [5.74, 6) is 0.125. The molecule has 0 aromatic carbocycles. The number of hydrogen-bond donors (Lipinski definition) is 1. The molecule has 1 N–H and O–H groups in total. The summed E-state index contributed by atoms with van der Waals surface area (Å²) in [6, 6.07) is 2.14. The van der Waals surface area contributed by atoms with Gasteiger partial charge in [-0.1, -0.05) is 6.92 Å². The van der Waals surface area contributed by atoms with Gasteiger partial charge in [0.1, 0.15) is 0 Å². The summed E-state index contributed by atoms with van der Waals surface area (Å²) in [4.78, 5) is 21.2. The van der Waals surface area contributed by atoms with Crippen LogP contribution in [0, 0.1) is 0 Å². The topological polar surface area (TPSA) is 48.5 Å². The quantitative estimate of drug-likeness (QED) is 0.871. The molecule has 1 unspecified atom stereocenters. The molecule has 1 aliphatic rings. The van der Waals surface area contributed by atoms with Crippen molar-refractivity contribution in [3.63, 3.8) is 0 Å². The number of hydrogen-bond acceptors (Lipinski definition) is 4. The minimum atomic E-state index is 0.125. The molecule has 0 aliphatic carbocycles. The van der Waals surface area contributed by atoms with E-state index in [1.165, 1.54) is 0 Å². The Hall–Kier alpha value is -1.62. The molecule has 1 amide bonds. The zero-order valence-corrected chi connectivity index (χ0v) is 13.3. The van der Waals surface area contributed by atoms with Crippen molar-refractivity contribution in [1.29, 1.82) is 0 Å². The summed E-state index contributed by atoms with van der Waals surface area (Å²) in [5, 5.41) is 3.30. The SMILES string of the molecule is CCCNc1cnccc1C(=O)N1CCCC1CN(C)C. The van der Waals surface area contributed by atoms with Crippen molar-refractivity contribution >= 4 is 11.6 Å². The Bertz CT molecular complexity index is 475. The largest absolute Gasteiger partial charge is 0.383 e. The molecule has 2 heterocycles. The fraction of sp³-hybridized carbons (Fsp3) is 0.625. The first-order valence-corrected chi connectivity index (χ1v) is 7.77. The van der Waals surface area contributed by atoms with Crippen LogP contribution in [0.15, 0.2) is 18.5 Å². The minimum Gasteiger partial charge on any atom is -0.383 e. The third-order valence-corrected chi connectivity index (χ3v) is 3.83. The van der Waals surface area contributed by atoms with Gasteiger partial charge in [0, 0.05) is 31.9 Å². The molecule has 21 heavy (non-hydrogen) atoms. The number of amides is 1. The molecule has 1 aliphatic heterocycles. The standard InChI is InChI=1S/C16H26N4O/c1-4-8-18-15-11-17-9-7-14(15)16(21)20-10-5-6-13(20)12-19(2)3/h7,9,11,13,18H,4-6,8,10,12H2,1-3H3. The van der Waals surface area contributed by atoms with Gasteiger partial charge < -0.3 is 15.1 Å². The first-order valence-electron chi connectivity index (χ1n) is 7.77. The van der Waals surface area contributed by atoms with Crippen LogP contribution in [0.3, 0.4) is 0 Å². The number of anilines is 1. The lowest BCUT2D eigenvalue weighted by atomic mass is 10.1. The lowest BCUT2D eigenvalue weighted by Gasteiger charge is -2.28. The van der Waals surface area contributed by atoms with E-state index in [0.717, 1.165) is 50.1 Å². The van der Waals surface area contributed by atoms with Crippen LogP contribution < -0.4 is 5.32 Å². The average molecular weight is 290 g/mol. The van der Waals surface area contributed by atoms with Crippen LogP contribution in [0.1, 0.15) is 36.5 Å². The van der Waals surface area contributed by atoms with Gasteiger partial charge in [-0.15, -0.1) is 0 Å². The number of likely N-dealkylation sites (tertiary alicyclic amines) is 1. The van der Waals surface area contributed by atoms with Gasteiger partial charge in [-0.2, -0.15) is 0 Å². The number of rotatable bonds is 6. The van der Waals surface area contributed by atoms with Crippen LogP contribution in [-0.2, 0) is 0 Å². The first kappa shape index (κ1) is 15.8. The van der Waals surface area contributed by atoms with Gasteiger partial charge >= 0.3 is 0 Å². The Morgan fingerprint density at radius 2 is 2.33 bits per heavy atom. The second-order valence-electron chi connectivity index (χ2n) is 5.90. The van der Waals surface area contributed by atoms with Gasteiger partial charge in [0.15, 0.2) is 0 Å². The van der Waals surface area contributed by atoms with Crippen molar-refractivity contribution in [3.05, 3.63) is 24.0 Å². The predicted molar refractivity (Wildman–Crippen MR) is 85.6 cm³/mol. The number of carbonyl (C=O) groups is 1. The predicted octanol–water partition coefficient (Wildman–Crippen LogP) is 2.07. The monoisotopic (exact) mass is 290 g/mol. The number of pyridine rings is 1. The molecule has 1 saturated heterocycles. The van der Waals surface area contributed by atoms with Crippen molar-refractivity contribution in [2.24, 2.45) is 0 Å². The molecule has 1 aromatic heterocycles. The molecule has 0 bridgehead atoms. The van der Waals surface area contributed by atoms with E-state index in [1.807, 2.05) is 11.0 Å². The highest BCUT2D eigenvalue weighted by atomic mass is 16.2. The van der Waals surface area contributed by atoms with E-state index in [1.54, 1.807) is 12.4 Å². The Balaban J connectivity index is 2.15. The zero-order chi connectivity index (χ0) is 15.2. The molecular formula is C16H26N4O. The van der Waals surface area contributed by atoms with Gasteiger partial charge in [-0.25, -0.2) is 0 Å². The minimum absolute atomic E-state index is 0.125. The Morgan fingerprint density at radius 3 is 3.05 bits per heavy atom. The smallest absolute Gasteiger partial charge is 0.256 e. The van der Waals surface area contributed by atoms with Crippen molar-refractivity contribution in [2.75, 3.05) is 39.0 Å². The van der Waals surface area contributed by atoms with E-state index in [2.05, 4.69) is 36.2 Å². The molecule has 116 valence electrons. The van der Waals surface area contributed by atoms with E-state index < -0.39 is 0 Å². The Morgan fingerprint density at radius 1 is 1.52 bits per heavy atom. The normalized spacial score (nSPS) is 18.3. The second kappa shape index (κ2) is 7.41. The van der Waals surface area contributed by atoms with E-state index in [9.17, 15) is 4.79 Å². The van der Waals surface area contributed by atoms with E-state index in [0.29, 0.717) is 6.04 Å². The summed E-state index contributed by atoms with van der Waals surface area (Å²) in [5.41, 5.74) is 1.59. The van der Waals surface area contributed by atoms with Gasteiger partial charge in [0.25, 0.3) is 5.91 Å². The van der Waals surface area contributed by atoms with Crippen LogP contribution in [0.2, 0.25) is 0 Å². The van der Waals surface area contributed by atoms with Gasteiger partial charge in [0.05, 0.1) is 17.4 Å². The van der Waals surface area contributed by atoms with Crippen molar-refractivity contribution in [1.82, 2.24) is 14.8 Å². The van der Waals surface area contributed by atoms with Crippen LogP contribution >= 0.6 is 0 Å². The third-order valence-electron chi connectivity index (χ3n) is 3.83. The van der Waals surface area contributed by atoms with Crippen molar-refractivity contribution < 1.29 is 4.79 Å². The molecule has 5 heteroatoms. The maximum atomic E-state index is 12.9. The molecule has 0 radical (unpaired) electrons. The third kappa shape index (κ3) is 3.94. The van der Waals surface area contributed by atoms with Crippen LogP contribution in [0.25, 0.3) is 0 Å². The first-order chi connectivity index (χ1) is 10.1. The highest BCUT2D eigenvalue weighted by Crippen LogP contribution is 2.23. The maximum absolute atomic E-state index is 12.9. The molecule has 0 spiro atoms. The summed E-state index contributed by atoms with van der Waals surface area (Å²) in [7, 11) is 4.11. The highest BCUT2D eigenvalue weighted by Gasteiger charge is 2.30.